The molecule has 0 radical (unpaired) electrons. The van der Waals surface area contributed by atoms with Crippen LogP contribution in [0.4, 0.5) is 5.69 Å². The predicted molar refractivity (Wildman–Crippen MR) is 90.6 cm³/mol. The van der Waals surface area contributed by atoms with Crippen LogP contribution in [0.15, 0.2) is 24.3 Å². The van der Waals surface area contributed by atoms with Gasteiger partial charge in [-0.15, -0.1) is 0 Å². The van der Waals surface area contributed by atoms with Gasteiger partial charge in [0.1, 0.15) is 0 Å². The first kappa shape index (κ1) is 17.0. The lowest BCUT2D eigenvalue weighted by atomic mass is 9.99. The second-order valence-corrected chi connectivity index (χ2v) is 5.84. The summed E-state index contributed by atoms with van der Waals surface area (Å²) in [6, 6.07) is 9.53. The molecular formula is C18H32N2. The summed E-state index contributed by atoms with van der Waals surface area (Å²) in [6.07, 6.45) is 7.80. The summed E-state index contributed by atoms with van der Waals surface area (Å²) in [5.74, 6) is 0. The molecule has 1 aromatic rings. The number of benzene rings is 1. The minimum atomic E-state index is 0.517. The molecule has 0 spiro atoms. The van der Waals surface area contributed by atoms with Crippen LogP contribution in [0.5, 0.6) is 0 Å². The highest BCUT2D eigenvalue weighted by Crippen LogP contribution is 2.22. The summed E-state index contributed by atoms with van der Waals surface area (Å²) in [6.45, 7) is 5.61. The van der Waals surface area contributed by atoms with Gasteiger partial charge >= 0.3 is 0 Å². The maximum atomic E-state index is 3.70. The summed E-state index contributed by atoms with van der Waals surface area (Å²) in [4.78, 5) is 2.15. The highest BCUT2D eigenvalue weighted by Gasteiger charge is 2.10. The quantitative estimate of drug-likeness (QED) is 0.620. The Morgan fingerprint density at radius 3 is 2.20 bits per heavy atom. The van der Waals surface area contributed by atoms with Crippen molar-refractivity contribution in [2.24, 2.45) is 0 Å². The van der Waals surface area contributed by atoms with E-state index in [2.05, 4.69) is 62.4 Å². The summed E-state index contributed by atoms with van der Waals surface area (Å²) in [5, 5.41) is 3.70. The van der Waals surface area contributed by atoms with E-state index >= 15 is 0 Å². The molecule has 2 nitrogen and oxygen atoms in total. The van der Waals surface area contributed by atoms with E-state index in [-0.39, 0.29) is 0 Å². The number of hydrogen-bond acceptors (Lipinski definition) is 2. The summed E-state index contributed by atoms with van der Waals surface area (Å²) in [7, 11) is 4.18. The molecule has 0 aliphatic carbocycles. The normalized spacial score (nSPS) is 12.4. The molecule has 1 unspecified atom stereocenters. The molecular weight excluding hydrogens is 244 g/mol. The van der Waals surface area contributed by atoms with E-state index in [1.165, 1.54) is 49.8 Å². The second kappa shape index (κ2) is 9.82. The van der Waals surface area contributed by atoms with Crippen molar-refractivity contribution in [2.45, 2.75) is 58.4 Å². The molecule has 0 aliphatic rings. The molecule has 0 saturated carbocycles. The van der Waals surface area contributed by atoms with Gasteiger partial charge in [0.15, 0.2) is 0 Å². The lowest BCUT2D eigenvalue weighted by molar-refractivity contribution is 0.470. The Bertz CT molecular complexity index is 343. The zero-order valence-electron chi connectivity index (χ0n) is 13.8. The number of hydrogen-bond donors (Lipinski definition) is 1. The van der Waals surface area contributed by atoms with Crippen LogP contribution in [-0.2, 0) is 0 Å². The van der Waals surface area contributed by atoms with Gasteiger partial charge in [-0.1, -0.05) is 51.7 Å². The fraction of sp³-hybridized carbons (Fsp3) is 0.667. The fourth-order valence-electron chi connectivity index (χ4n) is 2.49. The number of anilines is 1. The monoisotopic (exact) mass is 276 g/mol. The fourth-order valence-corrected chi connectivity index (χ4v) is 2.49. The lowest BCUT2D eigenvalue weighted by Crippen LogP contribution is -2.22. The Kier molecular flexibility index (Phi) is 8.36. The molecule has 0 aromatic heterocycles. The van der Waals surface area contributed by atoms with Gasteiger partial charge < -0.3 is 10.2 Å². The Balaban J connectivity index is 2.60. The van der Waals surface area contributed by atoms with Gasteiger partial charge in [0.2, 0.25) is 0 Å². The third-order valence-electron chi connectivity index (χ3n) is 3.80. The van der Waals surface area contributed by atoms with Crippen LogP contribution >= 0.6 is 0 Å². The van der Waals surface area contributed by atoms with Gasteiger partial charge in [-0.3, -0.25) is 0 Å². The maximum absolute atomic E-state index is 3.70. The molecule has 2 heteroatoms. The van der Waals surface area contributed by atoms with Gasteiger partial charge in [0, 0.05) is 25.8 Å². The first-order chi connectivity index (χ1) is 9.69. The molecule has 0 fully saturated rings. The number of nitrogens with zero attached hydrogens (tertiary/aromatic N) is 1. The molecule has 0 heterocycles. The summed E-state index contributed by atoms with van der Waals surface area (Å²) >= 11 is 0. The molecule has 0 saturated heterocycles. The first-order valence-electron chi connectivity index (χ1n) is 8.19. The van der Waals surface area contributed by atoms with Crippen molar-refractivity contribution < 1.29 is 0 Å². The van der Waals surface area contributed by atoms with Crippen molar-refractivity contribution in [3.05, 3.63) is 29.8 Å². The smallest absolute Gasteiger partial charge is 0.0361 e. The van der Waals surface area contributed by atoms with Gasteiger partial charge in [-0.2, -0.15) is 0 Å². The van der Waals surface area contributed by atoms with E-state index < -0.39 is 0 Å². The Hall–Kier alpha value is -1.02. The maximum Gasteiger partial charge on any atom is 0.0361 e. The highest BCUT2D eigenvalue weighted by molar-refractivity contribution is 5.46. The van der Waals surface area contributed by atoms with Crippen LogP contribution < -0.4 is 10.2 Å². The molecule has 1 rings (SSSR count). The van der Waals surface area contributed by atoms with E-state index in [9.17, 15) is 0 Å². The Labute approximate surface area is 125 Å². The molecule has 114 valence electrons. The van der Waals surface area contributed by atoms with E-state index in [4.69, 9.17) is 0 Å². The minimum Gasteiger partial charge on any atom is -0.378 e. The summed E-state index contributed by atoms with van der Waals surface area (Å²) < 4.78 is 0. The summed E-state index contributed by atoms with van der Waals surface area (Å²) in [5.41, 5.74) is 2.70. The van der Waals surface area contributed by atoms with Crippen molar-refractivity contribution in [1.29, 1.82) is 0 Å². The molecule has 0 aliphatic heterocycles. The van der Waals surface area contributed by atoms with Crippen molar-refractivity contribution in [3.8, 4) is 0 Å². The van der Waals surface area contributed by atoms with E-state index in [0.29, 0.717) is 6.04 Å². The van der Waals surface area contributed by atoms with Crippen molar-refractivity contribution in [1.82, 2.24) is 5.32 Å². The van der Waals surface area contributed by atoms with Crippen molar-refractivity contribution in [2.75, 3.05) is 25.5 Å². The lowest BCUT2D eigenvalue weighted by Gasteiger charge is -2.20. The average Bonchev–Trinajstić information content (AvgIpc) is 2.47. The molecule has 0 amide bonds. The average molecular weight is 276 g/mol. The van der Waals surface area contributed by atoms with Crippen LogP contribution in [0.3, 0.4) is 0 Å². The molecule has 0 bridgehead atoms. The number of rotatable bonds is 10. The molecule has 20 heavy (non-hydrogen) atoms. The van der Waals surface area contributed by atoms with Gasteiger partial charge in [0.05, 0.1) is 0 Å². The third kappa shape index (κ3) is 5.96. The van der Waals surface area contributed by atoms with Crippen LogP contribution in [-0.4, -0.2) is 20.6 Å². The van der Waals surface area contributed by atoms with E-state index in [1.807, 2.05) is 0 Å². The van der Waals surface area contributed by atoms with Crippen molar-refractivity contribution >= 4 is 5.69 Å². The van der Waals surface area contributed by atoms with Crippen LogP contribution in [0.1, 0.15) is 64.0 Å². The topological polar surface area (TPSA) is 15.3 Å². The Morgan fingerprint density at radius 1 is 0.950 bits per heavy atom. The Morgan fingerprint density at radius 2 is 1.65 bits per heavy atom. The van der Waals surface area contributed by atoms with Crippen LogP contribution in [0.25, 0.3) is 0 Å². The number of nitrogens with one attached hydrogen (secondary N) is 1. The zero-order chi connectivity index (χ0) is 14.8. The zero-order valence-corrected chi connectivity index (χ0v) is 13.8. The standard InChI is InChI=1S/C18H32N2/c1-5-7-8-9-10-18(19-15-6-2)16-11-13-17(14-12-16)20(3)4/h11-14,18-19H,5-10,15H2,1-4H3. The molecule has 1 aromatic carbocycles. The van der Waals surface area contributed by atoms with E-state index in [1.54, 1.807) is 0 Å². The van der Waals surface area contributed by atoms with Crippen LogP contribution in [0, 0.1) is 0 Å². The second-order valence-electron chi connectivity index (χ2n) is 5.84. The van der Waals surface area contributed by atoms with Gasteiger partial charge in [-0.05, 0) is 37.1 Å². The van der Waals surface area contributed by atoms with Gasteiger partial charge in [0.25, 0.3) is 0 Å². The van der Waals surface area contributed by atoms with Gasteiger partial charge in [-0.25, -0.2) is 0 Å². The minimum absolute atomic E-state index is 0.517. The predicted octanol–water partition coefficient (Wildman–Crippen LogP) is 4.76. The third-order valence-corrected chi connectivity index (χ3v) is 3.80. The first-order valence-corrected chi connectivity index (χ1v) is 8.19. The number of unbranched alkanes of at least 4 members (excludes halogenated alkanes) is 3. The molecule has 1 atom stereocenters. The van der Waals surface area contributed by atoms with Crippen LogP contribution in [0.2, 0.25) is 0 Å². The highest BCUT2D eigenvalue weighted by atomic mass is 15.1. The van der Waals surface area contributed by atoms with E-state index in [0.717, 1.165) is 6.54 Å². The van der Waals surface area contributed by atoms with Crippen molar-refractivity contribution in [3.63, 3.8) is 0 Å². The molecule has 1 N–H and O–H groups in total. The largest absolute Gasteiger partial charge is 0.378 e. The SMILES string of the molecule is CCCCCCC(NCCC)c1ccc(N(C)C)cc1.